The third-order valence-corrected chi connectivity index (χ3v) is 5.20. The minimum Gasteiger partial charge on any atom is -0.461 e. The summed E-state index contributed by atoms with van der Waals surface area (Å²) in [5.74, 6) is 1.70. The molecule has 32 heavy (non-hydrogen) atoms. The molecule has 4 aromatic rings. The summed E-state index contributed by atoms with van der Waals surface area (Å²) in [6, 6.07) is 9.89. The van der Waals surface area contributed by atoms with Crippen LogP contribution in [0.3, 0.4) is 0 Å². The van der Waals surface area contributed by atoms with E-state index >= 15 is 0 Å². The number of aromatic amines is 1. The zero-order chi connectivity index (χ0) is 21.9. The van der Waals surface area contributed by atoms with Gasteiger partial charge in [0.05, 0.1) is 19.3 Å². The lowest BCUT2D eigenvalue weighted by molar-refractivity contribution is 0.0520. The van der Waals surface area contributed by atoms with E-state index in [2.05, 4.69) is 30.5 Å². The lowest BCUT2D eigenvalue weighted by Gasteiger charge is -2.27. The fraction of sp³-hybridized carbons (Fsp3) is 0.227. The normalized spacial score (nSPS) is 13.0. The van der Waals surface area contributed by atoms with Crippen LogP contribution in [0.15, 0.2) is 55.1 Å². The Morgan fingerprint density at radius 1 is 1.16 bits per heavy atom. The molecule has 3 aromatic heterocycles. The summed E-state index contributed by atoms with van der Waals surface area (Å²) < 4.78 is 7.03. The Hall–Kier alpha value is -4.21. The van der Waals surface area contributed by atoms with Crippen LogP contribution in [0.4, 0.5) is 17.5 Å². The van der Waals surface area contributed by atoms with Crippen molar-refractivity contribution < 1.29 is 9.53 Å². The van der Waals surface area contributed by atoms with E-state index in [-0.39, 0.29) is 0 Å². The van der Waals surface area contributed by atoms with Crippen molar-refractivity contribution in [3.05, 3.63) is 66.6 Å². The predicted octanol–water partition coefficient (Wildman–Crippen LogP) is 3.00. The minimum absolute atomic E-state index is 0.326. The van der Waals surface area contributed by atoms with E-state index in [1.165, 1.54) is 0 Å². The average molecular weight is 430 g/mol. The van der Waals surface area contributed by atoms with E-state index in [1.807, 2.05) is 46.0 Å². The summed E-state index contributed by atoms with van der Waals surface area (Å²) in [5.41, 5.74) is 3.38. The highest BCUT2D eigenvalue weighted by atomic mass is 16.5. The van der Waals surface area contributed by atoms with Crippen LogP contribution >= 0.6 is 0 Å². The number of imidazole rings is 1. The van der Waals surface area contributed by atoms with Gasteiger partial charge in [-0.05, 0) is 30.7 Å². The van der Waals surface area contributed by atoms with Crippen LogP contribution in [-0.2, 0) is 17.8 Å². The summed E-state index contributed by atoms with van der Waals surface area (Å²) in [5, 5.41) is 10.1. The van der Waals surface area contributed by atoms with Gasteiger partial charge in [-0.3, -0.25) is 5.10 Å². The first-order chi connectivity index (χ1) is 15.7. The highest BCUT2D eigenvalue weighted by molar-refractivity contribution is 5.87. The quantitative estimate of drug-likeness (QED) is 0.449. The molecule has 0 saturated carbocycles. The second-order valence-corrected chi connectivity index (χ2v) is 7.31. The number of nitrogens with one attached hydrogen (secondary N) is 2. The lowest BCUT2D eigenvalue weighted by atomic mass is 10.1. The molecule has 0 saturated heterocycles. The number of carbonyl (C=O) groups excluding carboxylic acids is 1. The van der Waals surface area contributed by atoms with Gasteiger partial charge in [-0.2, -0.15) is 10.1 Å². The fourth-order valence-corrected chi connectivity index (χ4v) is 3.60. The molecule has 0 aliphatic carbocycles. The molecule has 4 heterocycles. The standard InChI is InChI=1S/C22H22N8O2/c1-2-32-21(31)18-13-29-9-10-30(14-20(29)27-18)22-23-8-7-19(28-22)26-17-5-3-15(4-6-17)16-11-24-25-12-16/h3-8,11-13H,2,9-10,14H2,1H3,(H,24,25)(H,23,26,28). The van der Waals surface area contributed by atoms with Crippen LogP contribution in [-0.4, -0.2) is 48.8 Å². The number of H-pyrrole nitrogens is 1. The third kappa shape index (κ3) is 4.02. The molecule has 0 radical (unpaired) electrons. The van der Waals surface area contributed by atoms with Gasteiger partial charge in [-0.1, -0.05) is 12.1 Å². The van der Waals surface area contributed by atoms with Gasteiger partial charge in [0.15, 0.2) is 5.69 Å². The maximum absolute atomic E-state index is 12.0. The number of carbonyl (C=O) groups is 1. The second-order valence-electron chi connectivity index (χ2n) is 7.31. The number of ether oxygens (including phenoxy) is 1. The Bertz CT molecular complexity index is 1220. The highest BCUT2D eigenvalue weighted by Crippen LogP contribution is 2.23. The van der Waals surface area contributed by atoms with Gasteiger partial charge in [0.2, 0.25) is 5.95 Å². The van der Waals surface area contributed by atoms with Gasteiger partial charge in [-0.25, -0.2) is 14.8 Å². The van der Waals surface area contributed by atoms with E-state index in [9.17, 15) is 4.79 Å². The van der Waals surface area contributed by atoms with Crippen molar-refractivity contribution in [2.75, 3.05) is 23.4 Å². The molecule has 1 aliphatic rings. The van der Waals surface area contributed by atoms with Crippen LogP contribution in [0.25, 0.3) is 11.1 Å². The van der Waals surface area contributed by atoms with Crippen LogP contribution in [0.1, 0.15) is 23.2 Å². The number of aromatic nitrogens is 6. The molecule has 2 N–H and O–H groups in total. The summed E-state index contributed by atoms with van der Waals surface area (Å²) in [7, 11) is 0. The first-order valence-corrected chi connectivity index (χ1v) is 10.4. The molecule has 0 fully saturated rings. The average Bonchev–Trinajstić information content (AvgIpc) is 3.50. The molecule has 0 atom stereocenters. The largest absolute Gasteiger partial charge is 0.461 e. The molecule has 0 amide bonds. The Morgan fingerprint density at radius 3 is 2.81 bits per heavy atom. The molecule has 5 rings (SSSR count). The van der Waals surface area contributed by atoms with E-state index in [4.69, 9.17) is 4.74 Å². The van der Waals surface area contributed by atoms with E-state index in [1.54, 1.807) is 25.5 Å². The molecule has 162 valence electrons. The number of hydrogen-bond acceptors (Lipinski definition) is 8. The summed E-state index contributed by atoms with van der Waals surface area (Å²) in [4.78, 5) is 27.6. The van der Waals surface area contributed by atoms with Crippen molar-refractivity contribution in [2.24, 2.45) is 0 Å². The smallest absolute Gasteiger partial charge is 0.358 e. The fourth-order valence-electron chi connectivity index (χ4n) is 3.60. The Morgan fingerprint density at radius 2 is 2.03 bits per heavy atom. The number of anilines is 3. The predicted molar refractivity (Wildman–Crippen MR) is 119 cm³/mol. The van der Waals surface area contributed by atoms with Gasteiger partial charge in [-0.15, -0.1) is 0 Å². The van der Waals surface area contributed by atoms with Gasteiger partial charge in [0.25, 0.3) is 0 Å². The summed E-state index contributed by atoms with van der Waals surface area (Å²) in [6.45, 7) is 4.03. The van der Waals surface area contributed by atoms with Crippen LogP contribution in [0.5, 0.6) is 0 Å². The SMILES string of the molecule is CCOC(=O)c1cn2c(n1)CN(c1nccc(Nc3ccc(-c4cn[nH]c4)cc3)n1)CC2. The van der Waals surface area contributed by atoms with Crippen molar-refractivity contribution in [2.45, 2.75) is 20.0 Å². The molecule has 0 unspecified atom stereocenters. The third-order valence-electron chi connectivity index (χ3n) is 5.20. The van der Waals surface area contributed by atoms with Crippen molar-refractivity contribution in [3.8, 4) is 11.1 Å². The number of benzene rings is 1. The number of hydrogen-bond donors (Lipinski definition) is 2. The number of rotatable bonds is 6. The molecule has 0 spiro atoms. The highest BCUT2D eigenvalue weighted by Gasteiger charge is 2.23. The maximum atomic E-state index is 12.0. The molecular weight excluding hydrogens is 408 g/mol. The summed E-state index contributed by atoms with van der Waals surface area (Å²) >= 11 is 0. The second kappa shape index (κ2) is 8.50. The molecule has 10 heteroatoms. The topological polar surface area (TPSA) is 114 Å². The van der Waals surface area contributed by atoms with Crippen molar-refractivity contribution in [3.63, 3.8) is 0 Å². The van der Waals surface area contributed by atoms with Crippen molar-refractivity contribution >= 4 is 23.4 Å². The van der Waals surface area contributed by atoms with Crippen LogP contribution < -0.4 is 10.2 Å². The zero-order valence-corrected chi connectivity index (χ0v) is 17.5. The van der Waals surface area contributed by atoms with Crippen LogP contribution in [0, 0.1) is 0 Å². The minimum atomic E-state index is -0.401. The van der Waals surface area contributed by atoms with Crippen molar-refractivity contribution in [1.82, 2.24) is 29.7 Å². The molecule has 0 bridgehead atoms. The number of nitrogens with zero attached hydrogens (tertiary/aromatic N) is 6. The van der Waals surface area contributed by atoms with Gasteiger partial charge >= 0.3 is 5.97 Å². The monoisotopic (exact) mass is 430 g/mol. The van der Waals surface area contributed by atoms with Gasteiger partial charge < -0.3 is 19.5 Å². The lowest BCUT2D eigenvalue weighted by Crippen LogP contribution is -2.34. The molecule has 1 aliphatic heterocycles. The zero-order valence-electron chi connectivity index (χ0n) is 17.5. The number of fused-ring (bicyclic) bond motifs is 1. The van der Waals surface area contributed by atoms with Gasteiger partial charge in [0, 0.05) is 42.9 Å². The molecule has 10 nitrogen and oxygen atoms in total. The Kier molecular flexibility index (Phi) is 5.24. The molecular formula is C22H22N8O2. The van der Waals surface area contributed by atoms with Crippen molar-refractivity contribution in [1.29, 1.82) is 0 Å². The first-order valence-electron chi connectivity index (χ1n) is 10.4. The van der Waals surface area contributed by atoms with E-state index in [0.29, 0.717) is 43.7 Å². The van der Waals surface area contributed by atoms with Gasteiger partial charge in [0.1, 0.15) is 11.6 Å². The number of esters is 1. The van der Waals surface area contributed by atoms with E-state index in [0.717, 1.165) is 22.6 Å². The maximum Gasteiger partial charge on any atom is 0.358 e. The Balaban J connectivity index is 1.29. The Labute approximate surface area is 184 Å². The summed E-state index contributed by atoms with van der Waals surface area (Å²) in [6.07, 6.45) is 7.13. The molecule has 1 aromatic carbocycles. The van der Waals surface area contributed by atoms with E-state index < -0.39 is 5.97 Å². The van der Waals surface area contributed by atoms with Crippen LogP contribution in [0.2, 0.25) is 0 Å². The first kappa shape index (κ1) is 19.7.